The highest BCUT2D eigenvalue weighted by Gasteiger charge is 2.45. The quantitative estimate of drug-likeness (QED) is 0.398. The molecule has 158 valence electrons. The Morgan fingerprint density at radius 3 is 1.54 bits per heavy atom. The van der Waals surface area contributed by atoms with E-state index in [1.807, 2.05) is 0 Å². The van der Waals surface area contributed by atoms with Gasteiger partial charge in [0.2, 0.25) is 0 Å². The van der Waals surface area contributed by atoms with Crippen LogP contribution in [0.3, 0.4) is 0 Å². The monoisotopic (exact) mass is 472 g/mol. The van der Waals surface area contributed by atoms with E-state index >= 15 is 0 Å². The normalized spacial score (nSPS) is 16.3. The van der Waals surface area contributed by atoms with Crippen LogP contribution in [0.1, 0.15) is 20.8 Å². The van der Waals surface area contributed by atoms with Gasteiger partial charge in [0, 0.05) is 6.10 Å². The first-order valence-electron chi connectivity index (χ1n) is 9.77. The van der Waals surface area contributed by atoms with Crippen LogP contribution in [0, 0.1) is 0 Å². The summed E-state index contributed by atoms with van der Waals surface area (Å²) < 4.78 is 31.8. The maximum absolute atomic E-state index is 6.70. The van der Waals surface area contributed by atoms with Crippen LogP contribution in [0.2, 0.25) is 70.6 Å². The summed E-state index contributed by atoms with van der Waals surface area (Å²) in [6.45, 7) is 28.3. The molecule has 0 bridgehead atoms. The molecule has 0 rings (SSSR count). The molecule has 1 atom stereocenters. The summed E-state index contributed by atoms with van der Waals surface area (Å²) in [4.78, 5) is 0. The second-order valence-electron chi connectivity index (χ2n) is 9.56. The maximum atomic E-state index is 6.70. The summed E-state index contributed by atoms with van der Waals surface area (Å²) in [6.07, 6.45) is 0.312. The van der Waals surface area contributed by atoms with Gasteiger partial charge in [-0.05, 0) is 84.5 Å². The van der Waals surface area contributed by atoms with Crippen molar-refractivity contribution in [2.75, 3.05) is 0 Å². The van der Waals surface area contributed by atoms with Gasteiger partial charge in [0.25, 0.3) is 0 Å². The summed E-state index contributed by atoms with van der Waals surface area (Å²) in [6, 6.07) is 0. The molecule has 0 aromatic carbocycles. The third-order valence-electron chi connectivity index (χ3n) is 3.88. The Labute approximate surface area is 171 Å². The summed E-state index contributed by atoms with van der Waals surface area (Å²) in [7, 11) is -10.3. The van der Waals surface area contributed by atoms with Crippen molar-refractivity contribution >= 4 is 52.8 Å². The van der Waals surface area contributed by atoms with Crippen molar-refractivity contribution in [1.82, 2.24) is 0 Å². The van der Waals surface area contributed by atoms with Gasteiger partial charge in [-0.15, -0.1) is 0 Å². The number of hydrogen-bond donors (Lipinski definition) is 0. The van der Waals surface area contributed by atoms with E-state index in [1.165, 1.54) is 0 Å². The zero-order valence-electron chi connectivity index (χ0n) is 19.5. The van der Waals surface area contributed by atoms with Crippen LogP contribution in [0.5, 0.6) is 0 Å². The van der Waals surface area contributed by atoms with Crippen LogP contribution in [0.4, 0.5) is 0 Å². The number of hydrogen-bond acceptors (Lipinski definition) is 5. The molecule has 1 unspecified atom stereocenters. The van der Waals surface area contributed by atoms with E-state index < -0.39 is 52.8 Å². The molecule has 0 aliphatic heterocycles. The zero-order chi connectivity index (χ0) is 21.0. The van der Waals surface area contributed by atoms with Crippen molar-refractivity contribution < 1.29 is 20.9 Å². The van der Waals surface area contributed by atoms with Gasteiger partial charge < -0.3 is 20.9 Å². The highest BCUT2D eigenvalue weighted by Crippen LogP contribution is 2.29. The third kappa shape index (κ3) is 11.8. The largest absolute Gasteiger partial charge is 0.440 e. The average Bonchev–Trinajstić information content (AvgIpc) is 2.28. The molecule has 0 fully saturated rings. The average molecular weight is 473 g/mol. The Bertz CT molecular complexity index is 429. The molecule has 5 nitrogen and oxygen atoms in total. The fraction of sp³-hybridized carbons (Fsp3) is 1.00. The van der Waals surface area contributed by atoms with Crippen molar-refractivity contribution in [3.8, 4) is 0 Å². The minimum atomic E-state index is -2.31. The van der Waals surface area contributed by atoms with Gasteiger partial charge in [0.15, 0.2) is 27.1 Å². The van der Waals surface area contributed by atoms with E-state index in [0.717, 1.165) is 0 Å². The Morgan fingerprint density at radius 1 is 0.692 bits per heavy atom. The van der Waals surface area contributed by atoms with Crippen LogP contribution < -0.4 is 0 Å². The Hall–Kier alpha value is 1.10. The van der Waals surface area contributed by atoms with E-state index in [2.05, 4.69) is 86.2 Å². The molecule has 0 saturated carbocycles. The fourth-order valence-electron chi connectivity index (χ4n) is 3.09. The van der Waals surface area contributed by atoms with Crippen molar-refractivity contribution in [2.45, 2.75) is 97.5 Å². The molecular weight excluding hydrogens is 429 g/mol. The lowest BCUT2D eigenvalue weighted by atomic mass is 10.5. The van der Waals surface area contributed by atoms with Gasteiger partial charge >= 0.3 is 25.7 Å². The predicted octanol–water partition coefficient (Wildman–Crippen LogP) is 4.20. The van der Waals surface area contributed by atoms with E-state index in [-0.39, 0.29) is 0 Å². The second kappa shape index (κ2) is 10.2. The standard InChI is InChI=1S/C15H44O5Si6/c1-14(2)16-21-15(3)23(6,7)18-25(10,11)20-26(12,13)19-24(8,9)17-22(4)5/h14-15,22H,21H2,1-13H3. The van der Waals surface area contributed by atoms with Gasteiger partial charge in [0.1, 0.15) is 0 Å². The lowest BCUT2D eigenvalue weighted by molar-refractivity contribution is 0.253. The smallest absolute Gasteiger partial charge is 0.314 e. The fourth-order valence-corrected chi connectivity index (χ4v) is 28.0. The molecule has 0 aliphatic carbocycles. The molecule has 0 heterocycles. The van der Waals surface area contributed by atoms with Gasteiger partial charge in [-0.1, -0.05) is 6.92 Å². The van der Waals surface area contributed by atoms with E-state index in [0.29, 0.717) is 11.3 Å². The summed E-state index contributed by atoms with van der Waals surface area (Å²) in [5.41, 5.74) is 0. The highest BCUT2D eigenvalue weighted by atomic mass is 28.5. The topological polar surface area (TPSA) is 46.2 Å². The first kappa shape index (κ1) is 27.1. The molecule has 0 spiro atoms. The first-order chi connectivity index (χ1) is 11.4. The lowest BCUT2D eigenvalue weighted by Crippen LogP contribution is -2.58. The maximum Gasteiger partial charge on any atom is 0.314 e. The van der Waals surface area contributed by atoms with Crippen LogP contribution in [0.25, 0.3) is 0 Å². The SMILES string of the molecule is CC(C)O[SiH2]C(C)[Si](C)(C)O[Si](C)(C)O[Si](C)(C)O[Si](C)(C)O[SiH](C)C. The first-order valence-corrected chi connectivity index (χ1v) is 25.4. The van der Waals surface area contributed by atoms with Crippen molar-refractivity contribution in [3.05, 3.63) is 0 Å². The summed E-state index contributed by atoms with van der Waals surface area (Å²) in [5, 5.41) is 0.548. The van der Waals surface area contributed by atoms with E-state index in [4.69, 9.17) is 20.9 Å². The van der Waals surface area contributed by atoms with Crippen molar-refractivity contribution in [3.63, 3.8) is 0 Å². The van der Waals surface area contributed by atoms with Gasteiger partial charge in [-0.25, -0.2) is 0 Å². The van der Waals surface area contributed by atoms with E-state index in [1.54, 1.807) is 0 Å². The molecule has 11 heteroatoms. The molecule has 0 aliphatic rings. The molecule has 0 saturated heterocycles. The Balaban J connectivity index is 4.93. The van der Waals surface area contributed by atoms with Crippen molar-refractivity contribution in [1.29, 1.82) is 0 Å². The van der Waals surface area contributed by atoms with Crippen LogP contribution >= 0.6 is 0 Å². The molecule has 26 heavy (non-hydrogen) atoms. The molecular formula is C15H44O5Si6. The molecule has 0 N–H and O–H groups in total. The summed E-state index contributed by atoms with van der Waals surface area (Å²) >= 11 is 0. The van der Waals surface area contributed by atoms with Crippen LogP contribution in [-0.2, 0) is 20.9 Å². The minimum absolute atomic E-state index is 0.312. The van der Waals surface area contributed by atoms with Crippen molar-refractivity contribution in [2.24, 2.45) is 0 Å². The molecule has 0 aromatic rings. The number of rotatable bonds is 12. The highest BCUT2D eigenvalue weighted by molar-refractivity contribution is 6.91. The van der Waals surface area contributed by atoms with Crippen LogP contribution in [0.15, 0.2) is 0 Å². The van der Waals surface area contributed by atoms with Gasteiger partial charge in [0.05, 0.1) is 0 Å². The molecule has 0 radical (unpaired) electrons. The zero-order valence-corrected chi connectivity index (χ0v) is 26.0. The minimum Gasteiger partial charge on any atom is -0.440 e. The summed E-state index contributed by atoms with van der Waals surface area (Å²) in [5.74, 6) is 0. The third-order valence-corrected chi connectivity index (χ3v) is 27.2. The van der Waals surface area contributed by atoms with Gasteiger partial charge in [-0.2, -0.15) is 0 Å². The molecule has 0 aromatic heterocycles. The van der Waals surface area contributed by atoms with E-state index in [9.17, 15) is 0 Å². The second-order valence-corrected chi connectivity index (χ2v) is 30.3. The lowest BCUT2D eigenvalue weighted by Gasteiger charge is -2.42. The Kier molecular flexibility index (Phi) is 10.7. The predicted molar refractivity (Wildman–Crippen MR) is 127 cm³/mol. The van der Waals surface area contributed by atoms with Gasteiger partial charge in [-0.3, -0.25) is 0 Å². The van der Waals surface area contributed by atoms with Crippen LogP contribution in [-0.4, -0.2) is 58.9 Å². The Morgan fingerprint density at radius 2 is 1.12 bits per heavy atom. The molecule has 0 amide bonds.